The normalized spacial score (nSPS) is 22.6. The highest BCUT2D eigenvalue weighted by Gasteiger charge is 2.47. The van der Waals surface area contributed by atoms with Gasteiger partial charge in [0.05, 0.1) is 19.3 Å². The predicted octanol–water partition coefficient (Wildman–Crippen LogP) is 3.58. The van der Waals surface area contributed by atoms with Crippen molar-refractivity contribution in [2.75, 3.05) is 26.9 Å². The first-order chi connectivity index (χ1) is 15.8. The largest absolute Gasteiger partial charge is 0.468 e. The zero-order valence-corrected chi connectivity index (χ0v) is 20.0. The van der Waals surface area contributed by atoms with E-state index in [4.69, 9.17) is 14.2 Å². The van der Waals surface area contributed by atoms with Crippen molar-refractivity contribution in [3.05, 3.63) is 57.9 Å². The third-order valence-corrected chi connectivity index (χ3v) is 6.18. The molecule has 3 atom stereocenters. The van der Waals surface area contributed by atoms with Gasteiger partial charge in [-0.25, -0.2) is 4.79 Å². The molecule has 0 amide bonds. The van der Waals surface area contributed by atoms with Gasteiger partial charge in [0.2, 0.25) is 0 Å². The molecule has 0 unspecified atom stereocenters. The maximum atomic E-state index is 13.6. The molecule has 1 aliphatic heterocycles. The van der Waals surface area contributed by atoms with Gasteiger partial charge in [0.15, 0.2) is 5.78 Å². The summed E-state index contributed by atoms with van der Waals surface area (Å²) in [5, 5.41) is 3.26. The number of carbonyl (C=O) groups is 3. The molecule has 0 bridgehead atoms. The van der Waals surface area contributed by atoms with E-state index in [9.17, 15) is 14.4 Å². The van der Waals surface area contributed by atoms with E-state index >= 15 is 0 Å². The molecule has 3 rings (SSSR count). The molecular weight excluding hydrogens is 422 g/mol. The first-order valence-electron chi connectivity index (χ1n) is 11.4. The number of Topliss-reactive ketones (excluding diaryl/α,β-unsaturated/α-hetero) is 1. The molecule has 1 aromatic rings. The second-order valence-corrected chi connectivity index (χ2v) is 8.69. The molecule has 0 saturated carbocycles. The number of esters is 2. The van der Waals surface area contributed by atoms with Crippen molar-refractivity contribution in [2.24, 2.45) is 11.8 Å². The molecule has 178 valence electrons. The van der Waals surface area contributed by atoms with E-state index in [0.717, 1.165) is 23.2 Å². The quantitative estimate of drug-likeness (QED) is 0.364. The van der Waals surface area contributed by atoms with Crippen LogP contribution < -0.4 is 5.32 Å². The zero-order chi connectivity index (χ0) is 24.1. The molecule has 0 radical (unpaired) electrons. The lowest BCUT2D eigenvalue weighted by Crippen LogP contribution is -2.43. The molecule has 1 heterocycles. The van der Waals surface area contributed by atoms with Crippen LogP contribution in [0.3, 0.4) is 0 Å². The van der Waals surface area contributed by atoms with Crippen molar-refractivity contribution in [1.82, 2.24) is 5.32 Å². The van der Waals surface area contributed by atoms with Gasteiger partial charge >= 0.3 is 11.9 Å². The number of hydrogen-bond acceptors (Lipinski definition) is 7. The number of dihydropyridines is 1. The Morgan fingerprint density at radius 3 is 2.42 bits per heavy atom. The van der Waals surface area contributed by atoms with Crippen molar-refractivity contribution in [2.45, 2.75) is 46.5 Å². The lowest BCUT2D eigenvalue weighted by molar-refractivity contribution is -0.151. The Hall–Kier alpha value is -2.93. The van der Waals surface area contributed by atoms with Crippen LogP contribution >= 0.6 is 0 Å². The Labute approximate surface area is 195 Å². The first-order valence-corrected chi connectivity index (χ1v) is 11.4. The molecular formula is C26H33NO6. The highest BCUT2D eigenvalue weighted by molar-refractivity contribution is 6.12. The summed E-state index contributed by atoms with van der Waals surface area (Å²) in [6, 6.07) is 7.73. The summed E-state index contributed by atoms with van der Waals surface area (Å²) < 4.78 is 15.9. The van der Waals surface area contributed by atoms with Gasteiger partial charge < -0.3 is 19.5 Å². The molecule has 1 aliphatic carbocycles. The van der Waals surface area contributed by atoms with Gasteiger partial charge in [-0.1, -0.05) is 43.7 Å². The number of ether oxygens (including phenoxy) is 3. The van der Waals surface area contributed by atoms with Crippen LogP contribution in [-0.4, -0.2) is 44.7 Å². The maximum Gasteiger partial charge on any atom is 0.336 e. The average molecular weight is 456 g/mol. The fraction of sp³-hybridized carbons (Fsp3) is 0.500. The van der Waals surface area contributed by atoms with Crippen molar-refractivity contribution in [3.8, 4) is 0 Å². The fourth-order valence-electron chi connectivity index (χ4n) is 4.56. The third-order valence-electron chi connectivity index (χ3n) is 6.18. The number of methoxy groups -OCH3 is 1. The first kappa shape index (κ1) is 24.7. The van der Waals surface area contributed by atoms with Crippen LogP contribution in [0.1, 0.15) is 50.7 Å². The van der Waals surface area contributed by atoms with E-state index in [2.05, 4.69) is 5.32 Å². The Kier molecular flexibility index (Phi) is 8.08. The molecule has 0 fully saturated rings. The van der Waals surface area contributed by atoms with Crippen LogP contribution in [0, 0.1) is 18.8 Å². The van der Waals surface area contributed by atoms with Gasteiger partial charge in [-0.3, -0.25) is 9.59 Å². The predicted molar refractivity (Wildman–Crippen MR) is 123 cm³/mol. The summed E-state index contributed by atoms with van der Waals surface area (Å²) in [5.74, 6) is -3.10. The Balaban J connectivity index is 2.01. The van der Waals surface area contributed by atoms with E-state index in [1.807, 2.05) is 52.0 Å². The molecule has 7 heteroatoms. The molecule has 0 saturated heterocycles. The number of hydrogen-bond donors (Lipinski definition) is 1. The van der Waals surface area contributed by atoms with Crippen LogP contribution in [0.2, 0.25) is 0 Å². The van der Waals surface area contributed by atoms with Crippen molar-refractivity contribution in [3.63, 3.8) is 0 Å². The highest BCUT2D eigenvalue weighted by Crippen LogP contribution is 2.45. The number of benzene rings is 1. The van der Waals surface area contributed by atoms with Gasteiger partial charge in [0.25, 0.3) is 0 Å². The van der Waals surface area contributed by atoms with Crippen LogP contribution in [0.5, 0.6) is 0 Å². The number of allylic oxidation sites excluding steroid dienone is 3. The van der Waals surface area contributed by atoms with Crippen molar-refractivity contribution in [1.29, 1.82) is 0 Å². The van der Waals surface area contributed by atoms with E-state index in [1.165, 1.54) is 7.11 Å². The minimum Gasteiger partial charge on any atom is -0.468 e. The van der Waals surface area contributed by atoms with Gasteiger partial charge in [-0.2, -0.15) is 0 Å². The zero-order valence-electron chi connectivity index (χ0n) is 20.0. The lowest BCUT2D eigenvalue weighted by atomic mass is 9.69. The second kappa shape index (κ2) is 10.8. The minimum atomic E-state index is -0.901. The highest BCUT2D eigenvalue weighted by atomic mass is 16.6. The number of ketones is 1. The molecule has 1 aromatic carbocycles. The molecule has 0 spiro atoms. The molecule has 7 nitrogen and oxygen atoms in total. The molecule has 2 aliphatic rings. The van der Waals surface area contributed by atoms with Crippen molar-refractivity contribution >= 4 is 17.7 Å². The topological polar surface area (TPSA) is 90.9 Å². The lowest BCUT2D eigenvalue weighted by Gasteiger charge is -2.38. The van der Waals surface area contributed by atoms with Crippen LogP contribution in [0.15, 0.2) is 46.8 Å². The number of aryl methyl sites for hydroxylation is 1. The van der Waals surface area contributed by atoms with Gasteiger partial charge in [0, 0.05) is 29.5 Å². The summed E-state index contributed by atoms with van der Waals surface area (Å²) in [7, 11) is 1.29. The van der Waals surface area contributed by atoms with Gasteiger partial charge in [-0.15, -0.1) is 0 Å². The van der Waals surface area contributed by atoms with Crippen LogP contribution in [0.25, 0.3) is 0 Å². The Morgan fingerprint density at radius 1 is 1.09 bits per heavy atom. The Morgan fingerprint density at radius 2 is 1.79 bits per heavy atom. The number of nitrogens with one attached hydrogen (secondary N) is 1. The van der Waals surface area contributed by atoms with E-state index in [-0.39, 0.29) is 18.3 Å². The summed E-state index contributed by atoms with van der Waals surface area (Å²) in [5.41, 5.74) is 4.08. The summed E-state index contributed by atoms with van der Waals surface area (Å²) in [6.45, 7) is 8.70. The number of rotatable bonds is 8. The third kappa shape index (κ3) is 5.19. The Bertz CT molecular complexity index is 975. The summed E-state index contributed by atoms with van der Waals surface area (Å²) in [6.07, 6.45) is 1.39. The van der Waals surface area contributed by atoms with Crippen LogP contribution in [-0.2, 0) is 28.6 Å². The molecule has 1 N–H and O–H groups in total. The van der Waals surface area contributed by atoms with Crippen LogP contribution in [0.4, 0.5) is 0 Å². The maximum absolute atomic E-state index is 13.6. The van der Waals surface area contributed by atoms with Gasteiger partial charge in [-0.05, 0) is 38.2 Å². The van der Waals surface area contributed by atoms with Gasteiger partial charge in [0.1, 0.15) is 12.5 Å². The smallest absolute Gasteiger partial charge is 0.336 e. The molecule has 0 aromatic heterocycles. The number of carbonyl (C=O) groups excluding carboxylic acids is 3. The summed E-state index contributed by atoms with van der Waals surface area (Å²) in [4.78, 5) is 39.3. The average Bonchev–Trinajstić information content (AvgIpc) is 2.78. The van der Waals surface area contributed by atoms with E-state index in [0.29, 0.717) is 36.5 Å². The molecule has 33 heavy (non-hydrogen) atoms. The van der Waals surface area contributed by atoms with Crippen molar-refractivity contribution < 1.29 is 28.6 Å². The second-order valence-electron chi connectivity index (χ2n) is 8.69. The van der Waals surface area contributed by atoms with E-state index < -0.39 is 23.8 Å². The fourth-order valence-corrected chi connectivity index (χ4v) is 4.56. The standard InChI is InChI=1S/C26H33NO6/c1-6-11-32-12-13-33-26(30)21-17(4)27-19-14-16(3)20(25(29)31-5)24(28)23(19)22(21)18-9-7-15(2)8-10-18/h7-10,16,20,22,27H,6,11-14H2,1-5H3/t16-,20+,22-/m1/s1. The minimum absolute atomic E-state index is 0.123. The summed E-state index contributed by atoms with van der Waals surface area (Å²) >= 11 is 0. The van der Waals surface area contributed by atoms with E-state index in [1.54, 1.807) is 0 Å². The SMILES string of the molecule is CCCOCCOC(=O)C1=C(C)NC2=C(C(=O)[C@@H](C(=O)OC)[C@H](C)C2)[C@@H]1c1ccc(C)cc1. The monoisotopic (exact) mass is 455 g/mol.